The molecule has 24 heavy (non-hydrogen) atoms. The van der Waals surface area contributed by atoms with Gasteiger partial charge < -0.3 is 15.4 Å². The molecule has 0 atom stereocenters. The molecule has 1 aromatic heterocycles. The van der Waals surface area contributed by atoms with Crippen molar-refractivity contribution >= 4 is 23.1 Å². The zero-order valence-electron chi connectivity index (χ0n) is 13.9. The molecule has 122 valence electrons. The molecule has 3 rings (SSSR count). The zero-order chi connectivity index (χ0) is 16.9. The van der Waals surface area contributed by atoms with Crippen molar-refractivity contribution in [2.75, 3.05) is 17.7 Å². The maximum atomic E-state index is 5.33. The van der Waals surface area contributed by atoms with Gasteiger partial charge in [-0.15, -0.1) is 5.10 Å². The molecular weight excluding hydrogens is 302 g/mol. The highest BCUT2D eigenvalue weighted by molar-refractivity contribution is 5.64. The molecule has 6 heteroatoms. The summed E-state index contributed by atoms with van der Waals surface area (Å²) in [7, 11) is 1.63. The summed E-state index contributed by atoms with van der Waals surface area (Å²) in [6.45, 7) is 4.15. The Hall–Kier alpha value is -3.15. The normalized spacial score (nSPS) is 10.3. The van der Waals surface area contributed by atoms with Gasteiger partial charge in [0, 0.05) is 5.69 Å². The van der Waals surface area contributed by atoms with Gasteiger partial charge in [0.25, 0.3) is 0 Å². The van der Waals surface area contributed by atoms with Gasteiger partial charge in [0.15, 0.2) is 5.82 Å². The quantitative estimate of drug-likeness (QED) is 0.740. The van der Waals surface area contributed by atoms with E-state index in [4.69, 9.17) is 4.74 Å². The summed E-state index contributed by atoms with van der Waals surface area (Å²) in [6, 6.07) is 13.7. The first-order valence-corrected chi connectivity index (χ1v) is 7.60. The van der Waals surface area contributed by atoms with Gasteiger partial charge >= 0.3 is 0 Å². The van der Waals surface area contributed by atoms with Crippen LogP contribution in [-0.4, -0.2) is 22.3 Å². The highest BCUT2D eigenvalue weighted by atomic mass is 16.5. The predicted octanol–water partition coefficient (Wildman–Crippen LogP) is 3.98. The third-order valence-corrected chi connectivity index (χ3v) is 3.69. The van der Waals surface area contributed by atoms with Gasteiger partial charge in [-0.25, -0.2) is 0 Å². The SMILES string of the molecule is COc1ccccc1Nc1cnnc(Nc2ccc(C)c(C)c2)n1. The van der Waals surface area contributed by atoms with E-state index < -0.39 is 0 Å². The second-order valence-electron chi connectivity index (χ2n) is 5.41. The van der Waals surface area contributed by atoms with Crippen molar-refractivity contribution in [2.24, 2.45) is 0 Å². The minimum Gasteiger partial charge on any atom is -0.495 e. The van der Waals surface area contributed by atoms with Crippen molar-refractivity contribution < 1.29 is 4.74 Å². The van der Waals surface area contributed by atoms with Crippen LogP contribution in [0.2, 0.25) is 0 Å². The molecule has 2 N–H and O–H groups in total. The second kappa shape index (κ2) is 6.95. The monoisotopic (exact) mass is 321 g/mol. The Kier molecular flexibility index (Phi) is 4.56. The molecule has 2 aromatic carbocycles. The minimum atomic E-state index is 0.429. The molecule has 0 unspecified atom stereocenters. The third kappa shape index (κ3) is 3.60. The van der Waals surface area contributed by atoms with Gasteiger partial charge in [0.2, 0.25) is 5.95 Å². The third-order valence-electron chi connectivity index (χ3n) is 3.69. The summed E-state index contributed by atoms with van der Waals surface area (Å²) in [4.78, 5) is 4.44. The fraction of sp³-hybridized carbons (Fsp3) is 0.167. The molecule has 0 amide bonds. The molecule has 0 fully saturated rings. The fourth-order valence-corrected chi connectivity index (χ4v) is 2.25. The van der Waals surface area contributed by atoms with Crippen molar-refractivity contribution in [3.63, 3.8) is 0 Å². The Morgan fingerprint density at radius 2 is 1.79 bits per heavy atom. The standard InChI is InChI=1S/C18H19N5O/c1-12-8-9-14(10-13(12)2)20-18-22-17(11-19-23-18)21-15-6-4-5-7-16(15)24-3/h4-11H,1-3H3,(H2,20,21,22,23). The Morgan fingerprint density at radius 3 is 2.58 bits per heavy atom. The molecule has 0 saturated carbocycles. The lowest BCUT2D eigenvalue weighted by atomic mass is 10.1. The summed E-state index contributed by atoms with van der Waals surface area (Å²) in [6.07, 6.45) is 1.57. The number of nitrogens with one attached hydrogen (secondary N) is 2. The summed E-state index contributed by atoms with van der Waals surface area (Å²) in [5.74, 6) is 1.75. The molecule has 1 heterocycles. The number of rotatable bonds is 5. The van der Waals surface area contributed by atoms with Crippen LogP contribution in [0.5, 0.6) is 5.75 Å². The first kappa shape index (κ1) is 15.7. The van der Waals surface area contributed by atoms with Crippen LogP contribution in [0, 0.1) is 13.8 Å². The van der Waals surface area contributed by atoms with Crippen LogP contribution in [0.15, 0.2) is 48.7 Å². The Balaban J connectivity index is 1.80. The highest BCUT2D eigenvalue weighted by Gasteiger charge is 2.06. The summed E-state index contributed by atoms with van der Waals surface area (Å²) in [5, 5.41) is 14.4. The van der Waals surface area contributed by atoms with E-state index in [0.717, 1.165) is 17.1 Å². The summed E-state index contributed by atoms with van der Waals surface area (Å²) in [5.41, 5.74) is 4.19. The average Bonchev–Trinajstić information content (AvgIpc) is 2.59. The molecule has 0 saturated heterocycles. The van der Waals surface area contributed by atoms with E-state index in [9.17, 15) is 0 Å². The zero-order valence-corrected chi connectivity index (χ0v) is 13.9. The molecule has 3 aromatic rings. The smallest absolute Gasteiger partial charge is 0.249 e. The fourth-order valence-electron chi connectivity index (χ4n) is 2.25. The van der Waals surface area contributed by atoms with E-state index in [0.29, 0.717) is 11.8 Å². The van der Waals surface area contributed by atoms with Crippen LogP contribution in [0.4, 0.5) is 23.1 Å². The average molecular weight is 321 g/mol. The number of benzene rings is 2. The van der Waals surface area contributed by atoms with Gasteiger partial charge in [-0.2, -0.15) is 10.1 Å². The second-order valence-corrected chi connectivity index (χ2v) is 5.41. The molecule has 0 spiro atoms. The maximum Gasteiger partial charge on any atom is 0.249 e. The predicted molar refractivity (Wildman–Crippen MR) is 95.3 cm³/mol. The first-order valence-electron chi connectivity index (χ1n) is 7.60. The largest absolute Gasteiger partial charge is 0.495 e. The van der Waals surface area contributed by atoms with E-state index in [1.807, 2.05) is 30.3 Å². The van der Waals surface area contributed by atoms with Crippen molar-refractivity contribution in [1.82, 2.24) is 15.2 Å². The van der Waals surface area contributed by atoms with Crippen LogP contribution in [0.25, 0.3) is 0 Å². The van der Waals surface area contributed by atoms with Crippen molar-refractivity contribution in [2.45, 2.75) is 13.8 Å². The lowest BCUT2D eigenvalue weighted by Crippen LogP contribution is -2.03. The van der Waals surface area contributed by atoms with E-state index in [1.54, 1.807) is 13.3 Å². The van der Waals surface area contributed by atoms with Gasteiger partial charge in [-0.3, -0.25) is 0 Å². The molecule has 0 aliphatic rings. The highest BCUT2D eigenvalue weighted by Crippen LogP contribution is 2.26. The Labute approximate surface area is 140 Å². The lowest BCUT2D eigenvalue weighted by Gasteiger charge is -2.11. The number of aryl methyl sites for hydroxylation is 2. The van der Waals surface area contributed by atoms with Crippen LogP contribution < -0.4 is 15.4 Å². The van der Waals surface area contributed by atoms with E-state index in [1.165, 1.54) is 11.1 Å². The van der Waals surface area contributed by atoms with E-state index in [-0.39, 0.29) is 0 Å². The van der Waals surface area contributed by atoms with Gasteiger partial charge in [-0.1, -0.05) is 18.2 Å². The molecule has 0 radical (unpaired) electrons. The number of anilines is 4. The van der Waals surface area contributed by atoms with E-state index >= 15 is 0 Å². The number of methoxy groups -OCH3 is 1. The van der Waals surface area contributed by atoms with Crippen molar-refractivity contribution in [3.05, 3.63) is 59.8 Å². The lowest BCUT2D eigenvalue weighted by molar-refractivity contribution is 0.417. The number of aromatic nitrogens is 3. The number of hydrogen-bond donors (Lipinski definition) is 2. The first-order chi connectivity index (χ1) is 11.7. The topological polar surface area (TPSA) is 72.0 Å². The summed E-state index contributed by atoms with van der Waals surface area (Å²) >= 11 is 0. The van der Waals surface area contributed by atoms with E-state index in [2.05, 4.69) is 51.8 Å². The van der Waals surface area contributed by atoms with Crippen LogP contribution in [0.1, 0.15) is 11.1 Å². The van der Waals surface area contributed by atoms with Crippen molar-refractivity contribution in [3.8, 4) is 5.75 Å². The van der Waals surface area contributed by atoms with Crippen LogP contribution in [-0.2, 0) is 0 Å². The molecular formula is C18H19N5O. The number of ether oxygens (including phenoxy) is 1. The number of nitrogens with zero attached hydrogens (tertiary/aromatic N) is 3. The Bertz CT molecular complexity index is 850. The molecule has 6 nitrogen and oxygen atoms in total. The van der Waals surface area contributed by atoms with Gasteiger partial charge in [0.05, 0.1) is 19.0 Å². The Morgan fingerprint density at radius 1 is 0.958 bits per heavy atom. The van der Waals surface area contributed by atoms with Crippen LogP contribution in [0.3, 0.4) is 0 Å². The van der Waals surface area contributed by atoms with Crippen molar-refractivity contribution in [1.29, 1.82) is 0 Å². The van der Waals surface area contributed by atoms with Crippen LogP contribution >= 0.6 is 0 Å². The minimum absolute atomic E-state index is 0.429. The van der Waals surface area contributed by atoms with Gasteiger partial charge in [0.1, 0.15) is 5.75 Å². The molecule has 0 bridgehead atoms. The molecule has 0 aliphatic heterocycles. The van der Waals surface area contributed by atoms with Gasteiger partial charge in [-0.05, 0) is 49.2 Å². The maximum absolute atomic E-state index is 5.33. The number of hydrogen-bond acceptors (Lipinski definition) is 6. The summed E-state index contributed by atoms with van der Waals surface area (Å²) < 4.78 is 5.33. The molecule has 0 aliphatic carbocycles. The number of para-hydroxylation sites is 2.